The maximum Gasteiger partial charge on any atom is 0.373 e. The topological polar surface area (TPSA) is 80.5 Å². The minimum absolute atomic E-state index is 0.0442. The van der Waals surface area contributed by atoms with Crippen molar-refractivity contribution in [3.63, 3.8) is 0 Å². The van der Waals surface area contributed by atoms with Crippen molar-refractivity contribution in [3.8, 4) is 0 Å². The highest BCUT2D eigenvalue weighted by Gasteiger charge is 2.40. The molecule has 0 bridgehead atoms. The minimum atomic E-state index is -2.82. The third kappa shape index (κ3) is 3.84. The molecule has 2 aliphatic heterocycles. The summed E-state index contributed by atoms with van der Waals surface area (Å²) < 4.78 is 99.4. The van der Waals surface area contributed by atoms with Crippen LogP contribution in [0.2, 0.25) is 0 Å². The Morgan fingerprint density at radius 3 is 2.50 bits per heavy atom. The number of benzene rings is 2. The summed E-state index contributed by atoms with van der Waals surface area (Å²) in [6.07, 6.45) is -0.814. The van der Waals surface area contributed by atoms with Gasteiger partial charge in [-0.15, -0.1) is 0 Å². The van der Waals surface area contributed by atoms with E-state index in [1.807, 2.05) is 0 Å². The largest absolute Gasteiger partial charge is 0.545 e. The Bertz CT molecular complexity index is 1900. The van der Waals surface area contributed by atoms with Gasteiger partial charge in [0.25, 0.3) is 0 Å². The van der Waals surface area contributed by atoms with Gasteiger partial charge in [0.1, 0.15) is 18.5 Å². The van der Waals surface area contributed by atoms with E-state index >= 15 is 0 Å². The summed E-state index contributed by atoms with van der Waals surface area (Å²) in [6.45, 7) is -7.19. The second kappa shape index (κ2) is 9.21. The van der Waals surface area contributed by atoms with E-state index in [-0.39, 0.29) is 28.7 Å². The monoisotopic (exact) mass is 492 g/mol. The molecule has 0 amide bonds. The number of allylic oxidation sites excluding steroid dienone is 5. The Kier molecular flexibility index (Phi) is 3.41. The molecular formula is C30H28N2O4. The van der Waals surface area contributed by atoms with Gasteiger partial charge < -0.3 is 14.8 Å². The van der Waals surface area contributed by atoms with Crippen molar-refractivity contribution in [3.05, 3.63) is 94.1 Å². The predicted octanol–water partition coefficient (Wildman–Crippen LogP) is 3.12. The van der Waals surface area contributed by atoms with Crippen LogP contribution < -0.4 is 10.0 Å². The maximum atomic E-state index is 12.2. The lowest BCUT2D eigenvalue weighted by molar-refractivity contribution is -0.582. The van der Waals surface area contributed by atoms with E-state index in [1.54, 1.807) is 44.2 Å². The number of carboxylic acids is 1. The second-order valence-electron chi connectivity index (χ2n) is 8.74. The first kappa shape index (κ1) is 13.3. The number of carbonyl (C=O) groups is 1. The van der Waals surface area contributed by atoms with Gasteiger partial charge in [-0.25, -0.2) is 4.58 Å². The quantitative estimate of drug-likeness (QED) is 0.615. The number of aromatic carboxylic acids is 1. The lowest BCUT2D eigenvalue weighted by Gasteiger charge is -2.41. The molecule has 0 radical (unpaired) electrons. The van der Waals surface area contributed by atoms with Crippen molar-refractivity contribution in [1.82, 2.24) is 0 Å². The van der Waals surface area contributed by atoms with E-state index in [0.29, 0.717) is 27.8 Å². The Labute approximate surface area is 227 Å². The second-order valence-corrected chi connectivity index (χ2v) is 8.74. The molecule has 182 valence electrons. The average Bonchev–Trinajstić information content (AvgIpc) is 2.97. The Hall–Kier alpha value is -4.02. The molecule has 2 aromatic rings. The van der Waals surface area contributed by atoms with E-state index in [2.05, 4.69) is 0 Å². The number of carbonyl (C=O) groups excluding carboxylic acids is 3. The fourth-order valence-electron chi connectivity index (χ4n) is 4.75. The summed E-state index contributed by atoms with van der Waals surface area (Å²) in [4.78, 5) is 29.2. The molecule has 0 spiro atoms. The summed E-state index contributed by atoms with van der Waals surface area (Å²) in [5.41, 5.74) is 1.74. The van der Waals surface area contributed by atoms with Gasteiger partial charge in [0.15, 0.2) is 5.71 Å². The predicted molar refractivity (Wildman–Crippen MR) is 135 cm³/mol. The molecule has 6 heteroatoms. The smallest absolute Gasteiger partial charge is 0.373 e. The Morgan fingerprint density at radius 1 is 1.06 bits per heavy atom. The van der Waals surface area contributed by atoms with E-state index in [4.69, 9.17) is 26.0 Å². The van der Waals surface area contributed by atoms with Crippen LogP contribution in [-0.2, 0) is 15.0 Å². The van der Waals surface area contributed by atoms with E-state index in [1.165, 1.54) is 30.4 Å². The summed E-state index contributed by atoms with van der Waals surface area (Å²) in [5, 5.41) is 12.2. The molecule has 6 rings (SSSR count). The highest BCUT2D eigenvalue weighted by Crippen LogP contribution is 2.51. The third-order valence-electron chi connectivity index (χ3n) is 6.50. The molecule has 0 saturated carbocycles. The van der Waals surface area contributed by atoms with Gasteiger partial charge in [-0.2, -0.15) is 9.59 Å². The summed E-state index contributed by atoms with van der Waals surface area (Å²) in [7, 11) is 0. The number of nitrogens with zero attached hydrogens (tertiary/aromatic N) is 2. The first-order valence-electron chi connectivity index (χ1n) is 17.0. The van der Waals surface area contributed by atoms with Crippen LogP contribution in [0.5, 0.6) is 0 Å². The van der Waals surface area contributed by atoms with Gasteiger partial charge >= 0.3 is 6.15 Å². The van der Waals surface area contributed by atoms with Crippen molar-refractivity contribution in [2.75, 3.05) is 30.9 Å². The molecule has 36 heavy (non-hydrogen) atoms. The number of hydrogen-bond donors (Lipinski definition) is 0. The Morgan fingerprint density at radius 2 is 1.78 bits per heavy atom. The average molecular weight is 493 g/mol. The van der Waals surface area contributed by atoms with E-state index in [0.717, 1.165) is 9.48 Å². The Balaban J connectivity index is 0.00000145. The van der Waals surface area contributed by atoms with Crippen molar-refractivity contribution >= 4 is 29.1 Å². The third-order valence-corrected chi connectivity index (χ3v) is 6.50. The number of anilines is 1. The molecule has 6 nitrogen and oxygen atoms in total. The molecule has 2 fully saturated rings. The van der Waals surface area contributed by atoms with Crippen molar-refractivity contribution in [1.29, 1.82) is 0 Å². The van der Waals surface area contributed by atoms with Crippen LogP contribution in [0.3, 0.4) is 0 Å². The van der Waals surface area contributed by atoms with Crippen molar-refractivity contribution in [2.24, 2.45) is 0 Å². The van der Waals surface area contributed by atoms with Gasteiger partial charge in [0.2, 0.25) is 0 Å². The molecule has 4 aliphatic rings. The van der Waals surface area contributed by atoms with Gasteiger partial charge in [0.05, 0.1) is 12.3 Å². The number of rotatable bonds is 3. The lowest BCUT2D eigenvalue weighted by Crippen LogP contribution is -2.38. The zero-order valence-corrected chi connectivity index (χ0v) is 19.3. The normalized spacial score (nSPS) is 32.4. The van der Waals surface area contributed by atoms with Crippen LogP contribution in [-0.4, -0.2) is 48.4 Å². The van der Waals surface area contributed by atoms with E-state index in [9.17, 15) is 9.90 Å². The van der Waals surface area contributed by atoms with Crippen LogP contribution in [0.4, 0.5) is 5.69 Å². The van der Waals surface area contributed by atoms with Crippen LogP contribution in [0, 0.1) is 0 Å². The molecule has 2 aliphatic carbocycles. The molecular weight excluding hydrogens is 452 g/mol. The van der Waals surface area contributed by atoms with Gasteiger partial charge in [-0.1, -0.05) is 44.2 Å². The molecule has 2 heterocycles. The molecule has 2 saturated heterocycles. The van der Waals surface area contributed by atoms with Gasteiger partial charge in [-0.05, 0) is 58.0 Å². The number of hydrogen-bond acceptors (Lipinski definition) is 5. The molecule has 2 aromatic carbocycles. The van der Waals surface area contributed by atoms with Crippen LogP contribution >= 0.6 is 0 Å². The lowest BCUT2D eigenvalue weighted by atomic mass is 9.64. The molecule has 0 unspecified atom stereocenters. The number of fused-ring (bicyclic) bond motifs is 2. The molecule has 0 N–H and O–H groups in total. The van der Waals surface area contributed by atoms with Crippen LogP contribution in [0.15, 0.2) is 71.8 Å². The first-order chi connectivity index (χ1) is 21.9. The fourth-order valence-corrected chi connectivity index (χ4v) is 4.75. The number of carboxylic acid groups (broad SMARTS) is 1. The van der Waals surface area contributed by atoms with Crippen molar-refractivity contribution in [2.45, 2.75) is 32.0 Å². The first-order valence-corrected chi connectivity index (χ1v) is 11.0. The van der Waals surface area contributed by atoms with Gasteiger partial charge in [-0.3, -0.25) is 0 Å². The highest BCUT2D eigenvalue weighted by molar-refractivity contribution is 6.08. The van der Waals surface area contributed by atoms with Crippen LogP contribution in [0.1, 0.15) is 70.1 Å². The fraction of sp³-hybridized carbons (Fsp3) is 0.300. The highest BCUT2D eigenvalue weighted by atomic mass is 16.4. The standard InChI is InChI=1S/C29H28N2O2.CO2/c1-29(2)25-17-19(30-13-5-14-30)9-11-23(25)27(21-7-3-4-8-22(21)28(32)33)24-12-10-20(18-26(24)29)31-15-6-16-31;2-1-3/h3-4,7-12,17-18H,5-6,13-16H2,1-2H3;/i5D2,6D2,13D2,14D2,15D2,16D2;. The molecule has 0 atom stereocenters. The van der Waals surface area contributed by atoms with Gasteiger partial charge in [0, 0.05) is 52.8 Å². The molecule has 0 aromatic heterocycles. The zero-order chi connectivity index (χ0) is 36.2. The SMILES string of the molecule is O=C=O.[2H]C1([2H])N(c2ccc3c(c2)C(C)(C)C2=CC(=[N+]4C([2H])([2H])C([2H])([2H])C4([2H])[2H])C=CC2=C3c2ccccc2C(=O)[O-])C([2H])([2H])C1([2H])[2H]. The summed E-state index contributed by atoms with van der Waals surface area (Å²) >= 11 is 0. The maximum absolute atomic E-state index is 12.2. The zero-order valence-electron chi connectivity index (χ0n) is 31.3. The van der Waals surface area contributed by atoms with Crippen molar-refractivity contribution < 1.29 is 40.5 Å². The van der Waals surface area contributed by atoms with E-state index < -0.39 is 50.1 Å². The minimum Gasteiger partial charge on any atom is -0.545 e. The summed E-state index contributed by atoms with van der Waals surface area (Å²) in [5.74, 6) is -1.44. The van der Waals surface area contributed by atoms with Crippen LogP contribution in [0.25, 0.3) is 5.57 Å². The summed E-state index contributed by atoms with van der Waals surface area (Å²) in [6, 6.07) is 10.7.